The molecular formula is C13H8ClIN2O3. The molecule has 2 aromatic carbocycles. The molecule has 0 spiro atoms. The number of amides is 1. The Balaban J connectivity index is 2.29. The molecule has 0 aliphatic carbocycles. The van der Waals surface area contributed by atoms with Crippen molar-refractivity contribution in [3.63, 3.8) is 0 Å². The van der Waals surface area contributed by atoms with Crippen LogP contribution in [0.3, 0.4) is 0 Å². The molecule has 2 aromatic rings. The van der Waals surface area contributed by atoms with Crippen molar-refractivity contribution < 1.29 is 9.72 Å². The van der Waals surface area contributed by atoms with Crippen LogP contribution in [0.25, 0.3) is 0 Å². The maximum Gasteiger partial charge on any atom is 0.283 e. The van der Waals surface area contributed by atoms with Gasteiger partial charge in [0.15, 0.2) is 0 Å². The lowest BCUT2D eigenvalue weighted by molar-refractivity contribution is -0.385. The summed E-state index contributed by atoms with van der Waals surface area (Å²) in [7, 11) is 0. The van der Waals surface area contributed by atoms with Crippen molar-refractivity contribution in [3.05, 3.63) is 66.7 Å². The molecular weight excluding hydrogens is 395 g/mol. The Bertz CT molecular complexity index is 674. The zero-order valence-corrected chi connectivity index (χ0v) is 12.9. The number of nitrogens with zero attached hydrogens (tertiary/aromatic N) is 1. The van der Waals surface area contributed by atoms with Gasteiger partial charge >= 0.3 is 0 Å². The Labute approximate surface area is 133 Å². The van der Waals surface area contributed by atoms with Crippen LogP contribution in [0.4, 0.5) is 11.4 Å². The molecule has 0 atom stereocenters. The molecule has 102 valence electrons. The number of halogens is 2. The van der Waals surface area contributed by atoms with E-state index in [2.05, 4.69) is 27.9 Å². The Morgan fingerprint density at radius 3 is 2.45 bits per heavy atom. The third-order valence-corrected chi connectivity index (χ3v) is 3.46. The van der Waals surface area contributed by atoms with Gasteiger partial charge in [-0.25, -0.2) is 0 Å². The van der Waals surface area contributed by atoms with Crippen LogP contribution in [0.1, 0.15) is 10.4 Å². The van der Waals surface area contributed by atoms with Crippen molar-refractivity contribution in [2.24, 2.45) is 0 Å². The number of nitro benzene ring substituents is 1. The van der Waals surface area contributed by atoms with Crippen molar-refractivity contribution in [2.75, 3.05) is 5.32 Å². The van der Waals surface area contributed by atoms with E-state index in [9.17, 15) is 14.9 Å². The molecule has 0 bridgehead atoms. The summed E-state index contributed by atoms with van der Waals surface area (Å²) in [6, 6.07) is 11.0. The molecule has 0 saturated heterocycles. The molecule has 1 N–H and O–H groups in total. The van der Waals surface area contributed by atoms with Gasteiger partial charge in [0.05, 0.1) is 4.92 Å². The molecule has 7 heteroatoms. The van der Waals surface area contributed by atoms with E-state index in [4.69, 9.17) is 11.6 Å². The minimum Gasteiger partial charge on any atom is -0.322 e. The van der Waals surface area contributed by atoms with Crippen molar-refractivity contribution in [1.82, 2.24) is 0 Å². The highest BCUT2D eigenvalue weighted by molar-refractivity contribution is 14.1. The lowest BCUT2D eigenvalue weighted by Gasteiger charge is -2.06. The molecule has 0 heterocycles. The molecule has 0 saturated carbocycles. The number of hydrogen-bond acceptors (Lipinski definition) is 3. The summed E-state index contributed by atoms with van der Waals surface area (Å²) in [6.07, 6.45) is 0. The molecule has 1 amide bonds. The van der Waals surface area contributed by atoms with Gasteiger partial charge in [-0.3, -0.25) is 14.9 Å². The third kappa shape index (κ3) is 3.45. The zero-order valence-electron chi connectivity index (χ0n) is 9.97. The summed E-state index contributed by atoms with van der Waals surface area (Å²) in [5.74, 6) is -0.547. The van der Waals surface area contributed by atoms with Gasteiger partial charge < -0.3 is 5.32 Å². The van der Waals surface area contributed by atoms with Crippen LogP contribution in [0, 0.1) is 13.7 Å². The first-order valence-electron chi connectivity index (χ1n) is 5.48. The first-order chi connectivity index (χ1) is 9.47. The van der Waals surface area contributed by atoms with Crippen LogP contribution in [0.2, 0.25) is 5.02 Å². The molecule has 2 rings (SSSR count). The van der Waals surface area contributed by atoms with Crippen molar-refractivity contribution in [3.8, 4) is 0 Å². The zero-order chi connectivity index (χ0) is 14.7. The summed E-state index contributed by atoms with van der Waals surface area (Å²) in [4.78, 5) is 22.4. The third-order valence-electron chi connectivity index (χ3n) is 2.50. The lowest BCUT2D eigenvalue weighted by Crippen LogP contribution is -2.13. The molecule has 0 aliphatic rings. The second-order valence-corrected chi connectivity index (χ2v) is 5.56. The van der Waals surface area contributed by atoms with E-state index < -0.39 is 10.8 Å². The fraction of sp³-hybridized carbons (Fsp3) is 0. The Morgan fingerprint density at radius 2 is 1.85 bits per heavy atom. The lowest BCUT2D eigenvalue weighted by atomic mass is 10.1. The van der Waals surface area contributed by atoms with Gasteiger partial charge in [0.25, 0.3) is 11.6 Å². The van der Waals surface area contributed by atoms with E-state index in [1.54, 1.807) is 12.1 Å². The van der Waals surface area contributed by atoms with Gasteiger partial charge in [-0.05, 0) is 59.0 Å². The van der Waals surface area contributed by atoms with Gasteiger partial charge in [0, 0.05) is 20.3 Å². The standard InChI is InChI=1S/C13H8ClIN2O3/c14-8-1-6-11(12(7-8)17(19)20)13(18)16-10-4-2-9(15)3-5-10/h1-7H,(H,16,18). The number of nitrogens with one attached hydrogen (secondary N) is 1. The number of benzene rings is 2. The summed E-state index contributed by atoms with van der Waals surface area (Å²) in [5, 5.41) is 13.8. The second kappa shape index (κ2) is 6.19. The highest BCUT2D eigenvalue weighted by Gasteiger charge is 2.20. The second-order valence-electron chi connectivity index (χ2n) is 3.88. The predicted octanol–water partition coefficient (Wildman–Crippen LogP) is 4.11. The van der Waals surface area contributed by atoms with Crippen molar-refractivity contribution in [2.45, 2.75) is 0 Å². The average molecular weight is 403 g/mol. The van der Waals surface area contributed by atoms with Gasteiger partial charge in [-0.15, -0.1) is 0 Å². The highest BCUT2D eigenvalue weighted by Crippen LogP contribution is 2.24. The molecule has 0 unspecified atom stereocenters. The van der Waals surface area contributed by atoms with Gasteiger partial charge in [-0.2, -0.15) is 0 Å². The smallest absolute Gasteiger partial charge is 0.283 e. The van der Waals surface area contributed by atoms with E-state index in [0.717, 1.165) is 9.64 Å². The van der Waals surface area contributed by atoms with Gasteiger partial charge in [0.2, 0.25) is 0 Å². The normalized spacial score (nSPS) is 10.1. The van der Waals surface area contributed by atoms with E-state index in [1.807, 2.05) is 12.1 Å². The topological polar surface area (TPSA) is 72.2 Å². The average Bonchev–Trinajstić information content (AvgIpc) is 2.41. The number of anilines is 1. The minimum atomic E-state index is -0.630. The number of carbonyl (C=O) groups is 1. The number of rotatable bonds is 3. The molecule has 20 heavy (non-hydrogen) atoms. The fourth-order valence-electron chi connectivity index (χ4n) is 1.58. The summed E-state index contributed by atoms with van der Waals surface area (Å²) in [6.45, 7) is 0. The molecule has 5 nitrogen and oxygen atoms in total. The Kier molecular flexibility index (Phi) is 4.56. The minimum absolute atomic E-state index is 0.0297. The van der Waals surface area contributed by atoms with Crippen LogP contribution in [-0.4, -0.2) is 10.8 Å². The first kappa shape index (κ1) is 14.7. The first-order valence-corrected chi connectivity index (χ1v) is 6.94. The number of nitro groups is 1. The summed E-state index contributed by atoms with van der Waals surface area (Å²) >= 11 is 7.85. The Hall–Kier alpha value is -1.67. The predicted molar refractivity (Wildman–Crippen MR) is 85.2 cm³/mol. The van der Waals surface area contributed by atoms with Gasteiger partial charge in [-0.1, -0.05) is 11.6 Å². The van der Waals surface area contributed by atoms with Crippen LogP contribution in [0.15, 0.2) is 42.5 Å². The largest absolute Gasteiger partial charge is 0.322 e. The highest BCUT2D eigenvalue weighted by atomic mass is 127. The van der Waals surface area contributed by atoms with E-state index in [-0.39, 0.29) is 16.3 Å². The van der Waals surface area contributed by atoms with Crippen LogP contribution in [-0.2, 0) is 0 Å². The number of hydrogen-bond donors (Lipinski definition) is 1. The number of carbonyl (C=O) groups excluding carboxylic acids is 1. The monoisotopic (exact) mass is 402 g/mol. The van der Waals surface area contributed by atoms with Crippen molar-refractivity contribution >= 4 is 51.5 Å². The summed E-state index contributed by atoms with van der Waals surface area (Å²) < 4.78 is 1.03. The van der Waals surface area contributed by atoms with E-state index >= 15 is 0 Å². The van der Waals surface area contributed by atoms with E-state index in [0.29, 0.717) is 5.69 Å². The molecule has 0 aliphatic heterocycles. The van der Waals surface area contributed by atoms with E-state index in [1.165, 1.54) is 12.1 Å². The molecule has 0 aromatic heterocycles. The van der Waals surface area contributed by atoms with Crippen LogP contribution >= 0.6 is 34.2 Å². The van der Waals surface area contributed by atoms with Crippen LogP contribution in [0.5, 0.6) is 0 Å². The molecule has 0 radical (unpaired) electrons. The van der Waals surface area contributed by atoms with Crippen molar-refractivity contribution in [1.29, 1.82) is 0 Å². The summed E-state index contributed by atoms with van der Waals surface area (Å²) in [5.41, 5.74) is 0.220. The SMILES string of the molecule is O=C(Nc1ccc(I)cc1)c1ccc(Cl)cc1[N+](=O)[O-]. The Morgan fingerprint density at radius 1 is 1.20 bits per heavy atom. The van der Waals surface area contributed by atoms with Crippen LogP contribution < -0.4 is 5.32 Å². The maximum atomic E-state index is 12.1. The molecule has 0 fully saturated rings. The quantitative estimate of drug-likeness (QED) is 0.477. The fourth-order valence-corrected chi connectivity index (χ4v) is 2.11. The van der Waals surface area contributed by atoms with Gasteiger partial charge in [0.1, 0.15) is 5.56 Å². The maximum absolute atomic E-state index is 12.1.